The molecule has 0 fully saturated rings. The van der Waals surface area contributed by atoms with Crippen molar-refractivity contribution in [2.45, 2.75) is 6.42 Å². The predicted molar refractivity (Wildman–Crippen MR) is 61.4 cm³/mol. The minimum atomic E-state index is -0.359. The van der Waals surface area contributed by atoms with Crippen LogP contribution in [0.3, 0.4) is 0 Å². The van der Waals surface area contributed by atoms with Gasteiger partial charge < -0.3 is 4.74 Å². The quantitative estimate of drug-likeness (QED) is 0.554. The second-order valence-corrected chi connectivity index (χ2v) is 3.22. The lowest BCUT2D eigenvalue weighted by atomic mass is 10.0. The smallest absolute Gasteiger partial charge is 0.333 e. The molecular weight excluding hydrogens is 188 g/mol. The van der Waals surface area contributed by atoms with E-state index in [4.69, 9.17) is 0 Å². The van der Waals surface area contributed by atoms with E-state index in [1.54, 1.807) is 6.08 Å². The van der Waals surface area contributed by atoms with Crippen LogP contribution in [0, 0.1) is 0 Å². The van der Waals surface area contributed by atoms with Crippen molar-refractivity contribution in [3.63, 3.8) is 0 Å². The van der Waals surface area contributed by atoms with Crippen molar-refractivity contribution < 1.29 is 9.53 Å². The van der Waals surface area contributed by atoms with Crippen LogP contribution < -0.4 is 0 Å². The van der Waals surface area contributed by atoms with Gasteiger partial charge in [-0.3, -0.25) is 0 Å². The standard InChI is InChI=1S/C13H14O2/c1-4-11-5-7-12(8-6-11)9-10(2)13(14)15-3/h4-8H,1-2,9H2,3H3. The first-order valence-corrected chi connectivity index (χ1v) is 4.65. The fraction of sp³-hybridized carbons (Fsp3) is 0.154. The van der Waals surface area contributed by atoms with Crippen LogP contribution in [0.5, 0.6) is 0 Å². The molecule has 0 saturated heterocycles. The lowest BCUT2D eigenvalue weighted by molar-refractivity contribution is -0.136. The molecule has 1 aromatic rings. The summed E-state index contributed by atoms with van der Waals surface area (Å²) < 4.78 is 4.57. The lowest BCUT2D eigenvalue weighted by Gasteiger charge is -2.03. The highest BCUT2D eigenvalue weighted by Crippen LogP contribution is 2.10. The van der Waals surface area contributed by atoms with E-state index >= 15 is 0 Å². The highest BCUT2D eigenvalue weighted by molar-refractivity contribution is 5.88. The van der Waals surface area contributed by atoms with Gasteiger partial charge in [0.05, 0.1) is 7.11 Å². The summed E-state index contributed by atoms with van der Waals surface area (Å²) >= 11 is 0. The SMILES string of the molecule is C=Cc1ccc(CC(=C)C(=O)OC)cc1. The molecular formula is C13H14O2. The average molecular weight is 202 g/mol. The Hall–Kier alpha value is -1.83. The van der Waals surface area contributed by atoms with E-state index in [-0.39, 0.29) is 5.97 Å². The molecule has 1 aromatic carbocycles. The lowest BCUT2D eigenvalue weighted by Crippen LogP contribution is -2.05. The zero-order chi connectivity index (χ0) is 11.3. The molecule has 2 nitrogen and oxygen atoms in total. The Morgan fingerprint density at radius 1 is 1.40 bits per heavy atom. The molecule has 0 bridgehead atoms. The van der Waals surface area contributed by atoms with Crippen molar-refractivity contribution in [3.8, 4) is 0 Å². The zero-order valence-corrected chi connectivity index (χ0v) is 8.82. The number of ether oxygens (including phenoxy) is 1. The van der Waals surface area contributed by atoms with Gasteiger partial charge in [-0.15, -0.1) is 0 Å². The van der Waals surface area contributed by atoms with Gasteiger partial charge in [0.25, 0.3) is 0 Å². The summed E-state index contributed by atoms with van der Waals surface area (Å²) in [5, 5.41) is 0. The Labute approximate surface area is 89.9 Å². The highest BCUT2D eigenvalue weighted by atomic mass is 16.5. The fourth-order valence-electron chi connectivity index (χ4n) is 1.23. The van der Waals surface area contributed by atoms with Crippen molar-refractivity contribution in [1.29, 1.82) is 0 Å². The summed E-state index contributed by atoms with van der Waals surface area (Å²) in [4.78, 5) is 11.1. The first kappa shape index (κ1) is 11.2. The molecule has 0 heterocycles. The number of hydrogen-bond acceptors (Lipinski definition) is 2. The number of carbonyl (C=O) groups excluding carboxylic acids is 1. The second kappa shape index (κ2) is 5.15. The molecule has 0 unspecified atom stereocenters. The highest BCUT2D eigenvalue weighted by Gasteiger charge is 2.06. The molecule has 0 aliphatic carbocycles. The molecule has 78 valence electrons. The third-order valence-electron chi connectivity index (χ3n) is 2.11. The van der Waals surface area contributed by atoms with Crippen molar-refractivity contribution in [2.75, 3.05) is 7.11 Å². The van der Waals surface area contributed by atoms with Gasteiger partial charge in [0, 0.05) is 12.0 Å². The molecule has 0 amide bonds. The molecule has 2 heteroatoms. The van der Waals surface area contributed by atoms with Crippen LogP contribution in [0.4, 0.5) is 0 Å². The number of methoxy groups -OCH3 is 1. The zero-order valence-electron chi connectivity index (χ0n) is 8.82. The molecule has 0 aromatic heterocycles. The van der Waals surface area contributed by atoms with Crippen LogP contribution in [-0.2, 0) is 16.0 Å². The molecule has 0 atom stereocenters. The van der Waals surface area contributed by atoms with E-state index in [0.29, 0.717) is 12.0 Å². The maximum Gasteiger partial charge on any atom is 0.333 e. The van der Waals surface area contributed by atoms with Crippen molar-refractivity contribution in [1.82, 2.24) is 0 Å². The van der Waals surface area contributed by atoms with Crippen LogP contribution in [0.2, 0.25) is 0 Å². The van der Waals surface area contributed by atoms with Crippen molar-refractivity contribution >= 4 is 12.0 Å². The maximum atomic E-state index is 11.1. The van der Waals surface area contributed by atoms with E-state index in [1.807, 2.05) is 24.3 Å². The normalized spacial score (nSPS) is 9.40. The van der Waals surface area contributed by atoms with Crippen LogP contribution in [0.1, 0.15) is 11.1 Å². The first-order chi connectivity index (χ1) is 7.17. The topological polar surface area (TPSA) is 26.3 Å². The largest absolute Gasteiger partial charge is 0.466 e. The van der Waals surface area contributed by atoms with Crippen molar-refractivity contribution in [3.05, 3.63) is 54.1 Å². The van der Waals surface area contributed by atoms with E-state index in [9.17, 15) is 4.79 Å². The fourth-order valence-corrected chi connectivity index (χ4v) is 1.23. The molecule has 0 radical (unpaired) electrons. The van der Waals surface area contributed by atoms with Crippen LogP contribution in [0.25, 0.3) is 6.08 Å². The van der Waals surface area contributed by atoms with Crippen LogP contribution in [0.15, 0.2) is 43.0 Å². The summed E-state index contributed by atoms with van der Waals surface area (Å²) in [6.07, 6.45) is 2.29. The number of rotatable bonds is 4. The average Bonchev–Trinajstić information content (AvgIpc) is 2.29. The number of hydrogen-bond donors (Lipinski definition) is 0. The maximum absolute atomic E-state index is 11.1. The van der Waals surface area contributed by atoms with Crippen molar-refractivity contribution in [2.24, 2.45) is 0 Å². The van der Waals surface area contributed by atoms with E-state index in [2.05, 4.69) is 17.9 Å². The van der Waals surface area contributed by atoms with Gasteiger partial charge in [0.15, 0.2) is 0 Å². The van der Waals surface area contributed by atoms with E-state index in [1.165, 1.54) is 7.11 Å². The minimum absolute atomic E-state index is 0.359. The number of esters is 1. The first-order valence-electron chi connectivity index (χ1n) is 4.65. The molecule has 0 N–H and O–H groups in total. The molecule has 15 heavy (non-hydrogen) atoms. The molecule has 0 spiro atoms. The summed E-state index contributed by atoms with van der Waals surface area (Å²) in [6, 6.07) is 7.80. The monoisotopic (exact) mass is 202 g/mol. The Bertz CT molecular complexity index is 374. The Kier molecular flexibility index (Phi) is 3.86. The third kappa shape index (κ3) is 3.09. The third-order valence-corrected chi connectivity index (χ3v) is 2.11. The molecule has 0 aliphatic rings. The minimum Gasteiger partial charge on any atom is -0.466 e. The van der Waals surface area contributed by atoms with E-state index in [0.717, 1.165) is 11.1 Å². The Morgan fingerprint density at radius 3 is 2.47 bits per heavy atom. The molecule has 1 rings (SSSR count). The Balaban J connectivity index is 2.69. The van der Waals surface area contributed by atoms with Crippen LogP contribution in [-0.4, -0.2) is 13.1 Å². The summed E-state index contributed by atoms with van der Waals surface area (Å²) in [7, 11) is 1.36. The van der Waals surface area contributed by atoms with Gasteiger partial charge in [-0.05, 0) is 11.1 Å². The predicted octanol–water partition coefficient (Wildman–Crippen LogP) is 2.60. The van der Waals surface area contributed by atoms with Gasteiger partial charge >= 0.3 is 5.97 Å². The second-order valence-electron chi connectivity index (χ2n) is 3.22. The molecule has 0 saturated carbocycles. The van der Waals surface area contributed by atoms with Gasteiger partial charge in [-0.2, -0.15) is 0 Å². The Morgan fingerprint density at radius 2 is 2.00 bits per heavy atom. The molecule has 0 aliphatic heterocycles. The van der Waals surface area contributed by atoms with Gasteiger partial charge in [-0.1, -0.05) is 43.5 Å². The van der Waals surface area contributed by atoms with Gasteiger partial charge in [0.1, 0.15) is 0 Å². The summed E-state index contributed by atoms with van der Waals surface area (Å²) in [5.74, 6) is -0.359. The summed E-state index contributed by atoms with van der Waals surface area (Å²) in [5.41, 5.74) is 2.56. The number of benzene rings is 1. The van der Waals surface area contributed by atoms with Crippen LogP contribution >= 0.6 is 0 Å². The van der Waals surface area contributed by atoms with Gasteiger partial charge in [0.2, 0.25) is 0 Å². The summed E-state index contributed by atoms with van der Waals surface area (Å²) in [6.45, 7) is 7.34. The number of carbonyl (C=O) groups is 1. The van der Waals surface area contributed by atoms with E-state index < -0.39 is 0 Å². The van der Waals surface area contributed by atoms with Gasteiger partial charge in [-0.25, -0.2) is 4.79 Å².